The highest BCUT2D eigenvalue weighted by molar-refractivity contribution is 6.33. The lowest BCUT2D eigenvalue weighted by molar-refractivity contribution is -0.385. The predicted octanol–water partition coefficient (Wildman–Crippen LogP) is 8.29. The van der Waals surface area contributed by atoms with E-state index in [9.17, 15) is 10.1 Å². The zero-order chi connectivity index (χ0) is 27.6. The summed E-state index contributed by atoms with van der Waals surface area (Å²) in [5, 5.41) is 21.6. The van der Waals surface area contributed by atoms with Gasteiger partial charge in [0.1, 0.15) is 24.7 Å². The van der Waals surface area contributed by atoms with Gasteiger partial charge < -0.3 is 14.5 Å². The van der Waals surface area contributed by atoms with Gasteiger partial charge in [-0.05, 0) is 35.4 Å². The molecule has 0 aliphatic rings. The summed E-state index contributed by atoms with van der Waals surface area (Å²) in [6.07, 6.45) is 1.82. The van der Waals surface area contributed by atoms with E-state index in [0.29, 0.717) is 29.7 Å². The number of nitro benzene ring substituents is 1. The van der Waals surface area contributed by atoms with Gasteiger partial charge >= 0.3 is 0 Å². The number of H-pyrrole nitrogens is 1. The number of rotatable bonds is 8. The minimum atomic E-state index is -0.556. The summed E-state index contributed by atoms with van der Waals surface area (Å²) in [7, 11) is 0. The molecule has 0 atom stereocenters. The highest BCUT2D eigenvalue weighted by Crippen LogP contribution is 2.33. The fourth-order valence-electron chi connectivity index (χ4n) is 3.73. The Morgan fingerprint density at radius 1 is 0.821 bits per heavy atom. The Balaban J connectivity index is 0.000000183. The summed E-state index contributed by atoms with van der Waals surface area (Å²) in [5.41, 5.74) is 3.21. The van der Waals surface area contributed by atoms with Crippen LogP contribution in [0.5, 0.6) is 11.5 Å². The molecule has 0 unspecified atom stereocenters. The maximum absolute atomic E-state index is 10.9. The van der Waals surface area contributed by atoms with Gasteiger partial charge in [0.2, 0.25) is 0 Å². The second-order valence-electron chi connectivity index (χ2n) is 8.40. The average molecular weight is 560 g/mol. The van der Waals surface area contributed by atoms with Gasteiger partial charge in [-0.3, -0.25) is 10.1 Å². The molecule has 0 saturated carbocycles. The number of halogens is 2. The van der Waals surface area contributed by atoms with Gasteiger partial charge in [-0.1, -0.05) is 83.9 Å². The van der Waals surface area contributed by atoms with Crippen molar-refractivity contribution in [3.63, 3.8) is 0 Å². The molecule has 0 aliphatic carbocycles. The van der Waals surface area contributed by atoms with Crippen LogP contribution in [0.2, 0.25) is 10.0 Å². The van der Waals surface area contributed by atoms with E-state index < -0.39 is 4.92 Å². The van der Waals surface area contributed by atoms with Crippen molar-refractivity contribution in [3.05, 3.63) is 134 Å². The molecule has 0 saturated heterocycles. The first-order chi connectivity index (χ1) is 18.9. The lowest BCUT2D eigenvalue weighted by atomic mass is 10.1. The molecule has 0 fully saturated rings. The van der Waals surface area contributed by atoms with Crippen molar-refractivity contribution in [2.24, 2.45) is 0 Å². The molecule has 7 nitrogen and oxygen atoms in total. The van der Waals surface area contributed by atoms with Crippen LogP contribution in [0.15, 0.2) is 97.2 Å². The maximum Gasteiger partial charge on any atom is 0.275 e. The van der Waals surface area contributed by atoms with Crippen molar-refractivity contribution in [1.29, 1.82) is 5.26 Å². The average Bonchev–Trinajstić information content (AvgIpc) is 3.40. The summed E-state index contributed by atoms with van der Waals surface area (Å²) in [6.45, 7) is 0.820. The third-order valence-corrected chi connectivity index (χ3v) is 6.27. The molecule has 0 spiro atoms. The van der Waals surface area contributed by atoms with Crippen LogP contribution in [0.1, 0.15) is 16.7 Å². The first-order valence-corrected chi connectivity index (χ1v) is 12.6. The zero-order valence-electron chi connectivity index (χ0n) is 20.6. The van der Waals surface area contributed by atoms with E-state index in [1.165, 1.54) is 12.1 Å². The van der Waals surface area contributed by atoms with Gasteiger partial charge in [-0.2, -0.15) is 5.26 Å². The highest BCUT2D eigenvalue weighted by Gasteiger charge is 2.18. The fraction of sp³-hybridized carbons (Fsp3) is 0.100. The van der Waals surface area contributed by atoms with Crippen molar-refractivity contribution in [2.45, 2.75) is 19.6 Å². The summed E-state index contributed by atoms with van der Waals surface area (Å²) in [4.78, 5) is 13.5. The van der Waals surface area contributed by atoms with Crippen LogP contribution >= 0.6 is 23.2 Å². The van der Waals surface area contributed by atoms with Crippen molar-refractivity contribution in [3.8, 4) is 17.6 Å². The van der Waals surface area contributed by atoms with E-state index in [1.807, 2.05) is 91.1 Å². The van der Waals surface area contributed by atoms with Crippen LogP contribution in [0.4, 0.5) is 5.69 Å². The molecule has 9 heteroatoms. The van der Waals surface area contributed by atoms with E-state index >= 15 is 0 Å². The largest absolute Gasteiger partial charge is 0.487 e. The third kappa shape index (κ3) is 7.51. The second-order valence-corrected chi connectivity index (χ2v) is 9.21. The smallest absolute Gasteiger partial charge is 0.275 e. The van der Waals surface area contributed by atoms with Crippen molar-refractivity contribution >= 4 is 39.8 Å². The Bertz CT molecular complexity index is 1600. The molecule has 5 rings (SSSR count). The lowest BCUT2D eigenvalue weighted by Crippen LogP contribution is -2.00. The van der Waals surface area contributed by atoms with Crippen LogP contribution in [0.25, 0.3) is 10.9 Å². The number of hydrogen-bond acceptors (Lipinski definition) is 5. The number of fused-ring (bicyclic) bond motifs is 1. The summed E-state index contributed by atoms with van der Waals surface area (Å²) in [6, 6.07) is 29.9. The lowest BCUT2D eigenvalue weighted by Gasteiger charge is -2.09. The van der Waals surface area contributed by atoms with Crippen molar-refractivity contribution in [1.82, 2.24) is 4.98 Å². The number of ether oxygens (including phenoxy) is 2. The summed E-state index contributed by atoms with van der Waals surface area (Å²) in [5.74, 6) is 1.05. The molecule has 0 radical (unpaired) electrons. The Labute approximate surface area is 235 Å². The minimum Gasteiger partial charge on any atom is -0.487 e. The van der Waals surface area contributed by atoms with E-state index in [4.69, 9.17) is 37.9 Å². The fourth-order valence-corrected chi connectivity index (χ4v) is 4.16. The van der Waals surface area contributed by atoms with Gasteiger partial charge in [0.25, 0.3) is 5.69 Å². The number of hydrogen-bond donors (Lipinski definition) is 1. The second kappa shape index (κ2) is 13.3. The first kappa shape index (κ1) is 27.5. The monoisotopic (exact) mass is 559 g/mol. The molecular weight excluding hydrogens is 537 g/mol. The molecule has 39 heavy (non-hydrogen) atoms. The standard InChI is InChI=1S/C15H11ClN2O3.C15H12ClNO/c16-13-9-14(18(19)20)12(6-7-17)8-15(13)21-10-11-4-2-1-3-5-11;16-13-9-14-12(6-7-17-14)8-15(13)18-10-11-4-2-1-3-5-11/h1-5,8-9H,6,10H2;1-9,17H,10H2. The Hall–Kier alpha value is -4.51. The number of nitrogens with zero attached hydrogens (tertiary/aromatic N) is 2. The number of benzene rings is 4. The molecule has 0 bridgehead atoms. The Morgan fingerprint density at radius 3 is 1.95 bits per heavy atom. The third-order valence-electron chi connectivity index (χ3n) is 5.68. The van der Waals surface area contributed by atoms with Crippen LogP contribution < -0.4 is 9.47 Å². The van der Waals surface area contributed by atoms with Crippen LogP contribution in [-0.4, -0.2) is 9.91 Å². The number of nitro groups is 1. The van der Waals surface area contributed by atoms with Crippen LogP contribution in [0.3, 0.4) is 0 Å². The SMILES string of the molecule is Clc1cc2[nH]ccc2cc1OCc1ccccc1.N#CCc1cc(OCc2ccccc2)c(Cl)cc1[N+](=O)[O-]. The van der Waals surface area contributed by atoms with E-state index in [0.717, 1.165) is 22.0 Å². The number of nitrogens with one attached hydrogen (secondary N) is 1. The molecule has 4 aromatic carbocycles. The normalized spacial score (nSPS) is 10.3. The van der Waals surface area contributed by atoms with Crippen molar-refractivity contribution < 1.29 is 14.4 Å². The van der Waals surface area contributed by atoms with Gasteiger partial charge in [0.15, 0.2) is 0 Å². The molecule has 5 aromatic rings. The van der Waals surface area contributed by atoms with Gasteiger partial charge in [-0.15, -0.1) is 0 Å². The molecular formula is C30H23Cl2N3O4. The molecule has 0 amide bonds. The zero-order valence-corrected chi connectivity index (χ0v) is 22.2. The topological polar surface area (TPSA) is 101 Å². The quantitative estimate of drug-likeness (QED) is 0.152. The molecule has 196 valence electrons. The number of aromatic nitrogens is 1. The van der Waals surface area contributed by atoms with Gasteiger partial charge in [-0.25, -0.2) is 0 Å². The Morgan fingerprint density at radius 2 is 1.38 bits per heavy atom. The van der Waals surface area contributed by atoms with Crippen LogP contribution in [-0.2, 0) is 19.6 Å². The van der Waals surface area contributed by atoms with E-state index in [2.05, 4.69) is 4.98 Å². The number of nitriles is 1. The molecule has 1 heterocycles. The van der Waals surface area contributed by atoms with Crippen molar-refractivity contribution in [2.75, 3.05) is 0 Å². The Kier molecular flexibility index (Phi) is 9.41. The first-order valence-electron chi connectivity index (χ1n) is 11.9. The van der Waals surface area contributed by atoms with Crippen LogP contribution in [0, 0.1) is 21.4 Å². The number of aromatic amines is 1. The summed E-state index contributed by atoms with van der Waals surface area (Å²) >= 11 is 12.2. The van der Waals surface area contributed by atoms with Gasteiger partial charge in [0.05, 0.1) is 27.5 Å². The molecule has 1 aromatic heterocycles. The predicted molar refractivity (Wildman–Crippen MR) is 152 cm³/mol. The maximum atomic E-state index is 10.9. The van der Waals surface area contributed by atoms with Gasteiger partial charge in [0, 0.05) is 28.7 Å². The summed E-state index contributed by atoms with van der Waals surface area (Å²) < 4.78 is 11.3. The van der Waals surface area contributed by atoms with E-state index in [1.54, 1.807) is 0 Å². The van der Waals surface area contributed by atoms with E-state index in [-0.39, 0.29) is 22.7 Å². The minimum absolute atomic E-state index is 0.0742. The highest BCUT2D eigenvalue weighted by atomic mass is 35.5. The molecule has 1 N–H and O–H groups in total. The molecule has 0 aliphatic heterocycles.